The number of nitrogens with zero attached hydrogens (tertiary/aromatic N) is 1. The van der Waals surface area contributed by atoms with Crippen LogP contribution in [0.1, 0.15) is 24.2 Å². The van der Waals surface area contributed by atoms with Crippen molar-refractivity contribution in [2.45, 2.75) is 26.1 Å². The van der Waals surface area contributed by atoms with Gasteiger partial charge in [0.1, 0.15) is 0 Å². The number of hydrogen-bond donors (Lipinski definition) is 2. The van der Waals surface area contributed by atoms with E-state index in [1.54, 1.807) is 6.92 Å². The molecule has 3 amide bonds. The third kappa shape index (κ3) is 7.50. The summed E-state index contributed by atoms with van der Waals surface area (Å²) in [5.74, 6) is -2.10. The first-order valence-corrected chi connectivity index (χ1v) is 7.07. The van der Waals surface area contributed by atoms with Crippen LogP contribution in [0, 0.1) is 0 Å². The van der Waals surface area contributed by atoms with E-state index in [4.69, 9.17) is 4.74 Å². The molecule has 138 valence electrons. The molecule has 0 aromatic carbocycles. The van der Waals surface area contributed by atoms with E-state index in [1.807, 2.05) is 5.32 Å². The van der Waals surface area contributed by atoms with E-state index in [0.29, 0.717) is 6.54 Å². The summed E-state index contributed by atoms with van der Waals surface area (Å²) in [4.78, 5) is 38.2. The van der Waals surface area contributed by atoms with Crippen LogP contribution in [0.5, 0.6) is 5.88 Å². The Morgan fingerprint density at radius 3 is 2.48 bits per heavy atom. The Balaban J connectivity index is 2.56. The van der Waals surface area contributed by atoms with E-state index in [1.165, 1.54) is 6.92 Å². The summed E-state index contributed by atoms with van der Waals surface area (Å²) in [5, 5.41) is 4.30. The predicted octanol–water partition coefficient (Wildman–Crippen LogP) is 1.41. The second-order valence-electron chi connectivity index (χ2n) is 4.69. The van der Waals surface area contributed by atoms with Crippen LogP contribution in [0.25, 0.3) is 0 Å². The summed E-state index contributed by atoms with van der Waals surface area (Å²) in [7, 11) is 0. The molecule has 11 heteroatoms. The van der Waals surface area contributed by atoms with Gasteiger partial charge in [0.25, 0.3) is 5.91 Å². The van der Waals surface area contributed by atoms with Crippen LogP contribution in [0.15, 0.2) is 18.3 Å². The monoisotopic (exact) mass is 363 g/mol. The summed E-state index contributed by atoms with van der Waals surface area (Å²) in [6, 6.07) is 1.46. The van der Waals surface area contributed by atoms with Crippen molar-refractivity contribution in [3.63, 3.8) is 0 Å². The Kier molecular flexibility index (Phi) is 7.15. The average molecular weight is 363 g/mol. The fourth-order valence-corrected chi connectivity index (χ4v) is 1.44. The van der Waals surface area contributed by atoms with E-state index in [-0.39, 0.29) is 11.4 Å². The lowest BCUT2D eigenvalue weighted by Crippen LogP contribution is -2.44. The molecule has 8 nitrogen and oxygen atoms in total. The summed E-state index contributed by atoms with van der Waals surface area (Å²) in [6.07, 6.45) is -4.83. The first kappa shape index (κ1) is 20.2. The molecule has 0 radical (unpaired) electrons. The van der Waals surface area contributed by atoms with Crippen molar-refractivity contribution in [1.82, 2.24) is 15.6 Å². The van der Waals surface area contributed by atoms with Gasteiger partial charge in [0.2, 0.25) is 5.88 Å². The minimum atomic E-state index is -4.51. The zero-order valence-electron chi connectivity index (χ0n) is 13.3. The largest absolute Gasteiger partial charge is 0.468 e. The molecule has 0 aliphatic heterocycles. The highest BCUT2D eigenvalue weighted by molar-refractivity contribution is 5.98. The van der Waals surface area contributed by atoms with Crippen LogP contribution >= 0.6 is 0 Å². The summed E-state index contributed by atoms with van der Waals surface area (Å²) >= 11 is 0. The van der Waals surface area contributed by atoms with Gasteiger partial charge in [-0.15, -0.1) is 0 Å². The number of carbonyl (C=O) groups is 3. The Morgan fingerprint density at radius 1 is 1.28 bits per heavy atom. The van der Waals surface area contributed by atoms with Crippen LogP contribution in [-0.4, -0.2) is 48.3 Å². The zero-order chi connectivity index (χ0) is 19.0. The zero-order valence-corrected chi connectivity index (χ0v) is 13.3. The maximum Gasteiger partial charge on any atom is 0.422 e. The van der Waals surface area contributed by atoms with Crippen molar-refractivity contribution in [3.8, 4) is 5.88 Å². The second kappa shape index (κ2) is 8.85. The van der Waals surface area contributed by atoms with Gasteiger partial charge in [-0.1, -0.05) is 0 Å². The van der Waals surface area contributed by atoms with E-state index in [0.717, 1.165) is 18.3 Å². The van der Waals surface area contributed by atoms with Crippen molar-refractivity contribution >= 4 is 17.9 Å². The third-order valence-electron chi connectivity index (χ3n) is 2.58. The van der Waals surface area contributed by atoms with Gasteiger partial charge in [-0.2, -0.15) is 13.2 Å². The van der Waals surface area contributed by atoms with Crippen LogP contribution in [0.4, 0.5) is 18.0 Å². The van der Waals surface area contributed by atoms with E-state index >= 15 is 0 Å². The molecule has 1 aromatic rings. The number of nitrogens with one attached hydrogen (secondary N) is 2. The molecular weight excluding hydrogens is 347 g/mol. The minimum absolute atomic E-state index is 0.1000. The van der Waals surface area contributed by atoms with Crippen molar-refractivity contribution < 1.29 is 37.0 Å². The lowest BCUT2D eigenvalue weighted by Gasteiger charge is -2.13. The van der Waals surface area contributed by atoms with E-state index < -0.39 is 36.8 Å². The number of ether oxygens (including phenoxy) is 2. The molecule has 1 atom stereocenters. The lowest BCUT2D eigenvalue weighted by molar-refractivity contribution is -0.154. The van der Waals surface area contributed by atoms with Gasteiger partial charge in [-0.3, -0.25) is 10.1 Å². The number of alkyl halides is 3. The van der Waals surface area contributed by atoms with Crippen molar-refractivity contribution in [2.24, 2.45) is 0 Å². The number of aromatic nitrogens is 1. The van der Waals surface area contributed by atoms with Gasteiger partial charge in [0, 0.05) is 18.8 Å². The molecule has 0 aliphatic rings. The molecule has 0 aliphatic carbocycles. The minimum Gasteiger partial charge on any atom is -0.468 e. The Bertz CT molecular complexity index is 619. The SMILES string of the molecule is CCNC(=O)NC(=O)C(C)OC(=O)c1ccc(OCC(F)(F)F)nc1. The molecular formula is C14H16F3N3O5. The van der Waals surface area contributed by atoms with Gasteiger partial charge in [-0.25, -0.2) is 14.6 Å². The number of hydrogen-bond acceptors (Lipinski definition) is 6. The van der Waals surface area contributed by atoms with Gasteiger partial charge in [0.05, 0.1) is 5.56 Å². The molecule has 0 saturated carbocycles. The maximum atomic E-state index is 12.0. The summed E-state index contributed by atoms with van der Waals surface area (Å²) < 4.78 is 45.3. The number of imide groups is 1. The van der Waals surface area contributed by atoms with Gasteiger partial charge >= 0.3 is 18.2 Å². The highest BCUT2D eigenvalue weighted by Crippen LogP contribution is 2.17. The van der Waals surface area contributed by atoms with Gasteiger partial charge < -0.3 is 14.8 Å². The molecule has 0 saturated heterocycles. The third-order valence-corrected chi connectivity index (χ3v) is 2.58. The quantitative estimate of drug-likeness (QED) is 0.740. The fourth-order valence-electron chi connectivity index (χ4n) is 1.44. The van der Waals surface area contributed by atoms with Crippen molar-refractivity contribution in [3.05, 3.63) is 23.9 Å². The number of carbonyl (C=O) groups excluding carboxylic acids is 3. The molecule has 1 unspecified atom stereocenters. The Labute approximate surface area is 140 Å². The first-order valence-electron chi connectivity index (χ1n) is 7.07. The fraction of sp³-hybridized carbons (Fsp3) is 0.429. The maximum absolute atomic E-state index is 12.0. The number of rotatable bonds is 6. The molecule has 25 heavy (non-hydrogen) atoms. The number of pyridine rings is 1. The van der Waals surface area contributed by atoms with E-state index in [9.17, 15) is 27.6 Å². The smallest absolute Gasteiger partial charge is 0.422 e. The van der Waals surface area contributed by atoms with Crippen molar-refractivity contribution in [2.75, 3.05) is 13.2 Å². The van der Waals surface area contributed by atoms with Gasteiger partial charge in [-0.05, 0) is 19.9 Å². The Morgan fingerprint density at radius 2 is 1.96 bits per heavy atom. The highest BCUT2D eigenvalue weighted by atomic mass is 19.4. The van der Waals surface area contributed by atoms with E-state index in [2.05, 4.69) is 15.0 Å². The average Bonchev–Trinajstić information content (AvgIpc) is 2.52. The number of urea groups is 1. The molecule has 0 bridgehead atoms. The molecule has 1 rings (SSSR count). The van der Waals surface area contributed by atoms with Crippen LogP contribution in [0.3, 0.4) is 0 Å². The molecule has 0 fully saturated rings. The second-order valence-corrected chi connectivity index (χ2v) is 4.69. The number of esters is 1. The highest BCUT2D eigenvalue weighted by Gasteiger charge is 2.28. The first-order chi connectivity index (χ1) is 11.6. The summed E-state index contributed by atoms with van der Waals surface area (Å²) in [6.45, 7) is 1.70. The van der Waals surface area contributed by atoms with Gasteiger partial charge in [0.15, 0.2) is 12.7 Å². The number of halogens is 3. The topological polar surface area (TPSA) is 107 Å². The lowest BCUT2D eigenvalue weighted by atomic mass is 10.3. The molecule has 1 heterocycles. The van der Waals surface area contributed by atoms with Crippen LogP contribution in [-0.2, 0) is 9.53 Å². The number of amides is 3. The molecule has 0 spiro atoms. The standard InChI is InChI=1S/C14H16F3N3O5/c1-3-18-13(23)20-11(21)8(2)25-12(22)9-4-5-10(19-6-9)24-7-14(15,16)17/h4-6,8H,3,7H2,1-2H3,(H2,18,20,21,23). The van der Waals surface area contributed by atoms with Crippen LogP contribution < -0.4 is 15.4 Å². The molecule has 1 aromatic heterocycles. The molecule has 2 N–H and O–H groups in total. The summed E-state index contributed by atoms with van der Waals surface area (Å²) in [5.41, 5.74) is -0.1000. The Hall–Kier alpha value is -2.85. The van der Waals surface area contributed by atoms with Crippen molar-refractivity contribution in [1.29, 1.82) is 0 Å². The normalized spacial score (nSPS) is 12.0. The predicted molar refractivity (Wildman–Crippen MR) is 77.9 cm³/mol. The van der Waals surface area contributed by atoms with Crippen LogP contribution in [0.2, 0.25) is 0 Å².